The Morgan fingerprint density at radius 2 is 1.17 bits per heavy atom. The molecule has 1 aliphatic carbocycles. The van der Waals surface area contributed by atoms with Gasteiger partial charge < -0.3 is 0 Å². The molecule has 0 aliphatic heterocycles. The number of aromatic nitrogens is 2. The molecule has 3 heterocycles. The monoisotopic (exact) mass is 604 g/mol. The second kappa shape index (κ2) is 10.00. The van der Waals surface area contributed by atoms with Crippen molar-refractivity contribution < 1.29 is 0 Å². The zero-order valence-corrected chi connectivity index (χ0v) is 25.9. The van der Waals surface area contributed by atoms with Crippen molar-refractivity contribution in [2.45, 2.75) is 12.8 Å². The van der Waals surface area contributed by atoms with Crippen molar-refractivity contribution in [2.75, 3.05) is 0 Å². The van der Waals surface area contributed by atoms with Crippen LogP contribution < -0.4 is 0 Å². The highest BCUT2D eigenvalue weighted by Crippen LogP contribution is 2.45. The van der Waals surface area contributed by atoms with Crippen molar-refractivity contribution in [3.8, 4) is 33.4 Å². The van der Waals surface area contributed by atoms with Gasteiger partial charge in [-0.1, -0.05) is 115 Å². The quantitative estimate of drug-likeness (QED) is 0.183. The van der Waals surface area contributed by atoms with Crippen molar-refractivity contribution >= 4 is 65.0 Å². The largest absolute Gasteiger partial charge is 0.284 e. The molecule has 0 unspecified atom stereocenters. The average molecular weight is 605 g/mol. The Morgan fingerprint density at radius 3 is 1.91 bits per heavy atom. The van der Waals surface area contributed by atoms with E-state index in [4.69, 9.17) is 4.98 Å². The summed E-state index contributed by atoms with van der Waals surface area (Å²) in [6.45, 7) is 0. The van der Waals surface area contributed by atoms with Crippen LogP contribution in [0.3, 0.4) is 0 Å². The van der Waals surface area contributed by atoms with E-state index < -0.39 is 0 Å². The minimum atomic E-state index is 1.03. The zero-order chi connectivity index (χ0) is 30.2. The number of rotatable bonds is 3. The fourth-order valence-electron chi connectivity index (χ4n) is 7.54. The molecule has 0 fully saturated rings. The van der Waals surface area contributed by atoms with Gasteiger partial charge in [-0.15, -0.1) is 11.3 Å². The Bertz CT molecular complexity index is 2680. The molecule has 3 heteroatoms. The Balaban J connectivity index is 1.24. The first-order valence-electron chi connectivity index (χ1n) is 15.9. The number of pyridine rings is 1. The van der Waals surface area contributed by atoms with Crippen LogP contribution in [-0.4, -0.2) is 9.38 Å². The SMILES string of the molecule is C1=Cc2c(ccc3nc4c5cc(-c6ccc7c(-c8ccccc8)c8ccccc8c(-c8ccccc8)c7c6)ccc5sc4n23)CC1. The lowest BCUT2D eigenvalue weighted by Gasteiger charge is -2.18. The van der Waals surface area contributed by atoms with Gasteiger partial charge >= 0.3 is 0 Å². The number of hydrogen-bond donors (Lipinski definition) is 0. The molecular formula is C43H28N2S. The molecule has 46 heavy (non-hydrogen) atoms. The van der Waals surface area contributed by atoms with Gasteiger partial charge in [0, 0.05) is 10.1 Å². The van der Waals surface area contributed by atoms with Gasteiger partial charge in [0.1, 0.15) is 16.0 Å². The Hall–Kier alpha value is -5.51. The third-order valence-electron chi connectivity index (χ3n) is 9.64. The molecule has 2 nitrogen and oxygen atoms in total. The molecule has 1 aliphatic rings. The molecular weight excluding hydrogens is 577 g/mol. The van der Waals surface area contributed by atoms with E-state index in [1.54, 1.807) is 0 Å². The number of hydrogen-bond acceptors (Lipinski definition) is 2. The molecule has 6 aromatic carbocycles. The summed E-state index contributed by atoms with van der Waals surface area (Å²) < 4.78 is 3.64. The summed E-state index contributed by atoms with van der Waals surface area (Å²) in [4.78, 5) is 6.40. The first-order chi connectivity index (χ1) is 22.8. The molecule has 0 saturated carbocycles. The van der Waals surface area contributed by atoms with E-state index in [0.717, 1.165) is 24.0 Å². The maximum atomic E-state index is 5.17. The summed E-state index contributed by atoms with van der Waals surface area (Å²) in [5.41, 5.74) is 12.3. The summed E-state index contributed by atoms with van der Waals surface area (Å²) in [5.74, 6) is 0. The van der Waals surface area contributed by atoms with E-state index in [1.807, 2.05) is 11.3 Å². The summed E-state index contributed by atoms with van der Waals surface area (Å²) >= 11 is 1.84. The second-order valence-electron chi connectivity index (χ2n) is 12.2. The standard InChI is InChI=1S/C43H28N2S/c1-3-12-28(13-4-1)40-32-16-8-9-17-33(32)41(29-14-5-2-6-15-29)35-25-30(19-22-34(35)40)31-20-23-38-36(26-31)42-43(46-38)45-37-18-10-7-11-27(37)21-24-39(45)44-42/h1-6,8-10,12-26H,7,11H2. The first kappa shape index (κ1) is 25.8. The molecule has 0 amide bonds. The maximum absolute atomic E-state index is 5.17. The average Bonchev–Trinajstić information content (AvgIpc) is 3.67. The summed E-state index contributed by atoms with van der Waals surface area (Å²) in [6.07, 6.45) is 6.75. The van der Waals surface area contributed by atoms with Crippen molar-refractivity contribution in [1.82, 2.24) is 9.38 Å². The lowest BCUT2D eigenvalue weighted by Crippen LogP contribution is -2.00. The van der Waals surface area contributed by atoms with E-state index in [0.29, 0.717) is 0 Å². The number of thiophene rings is 1. The molecule has 0 spiro atoms. The van der Waals surface area contributed by atoms with E-state index in [2.05, 4.69) is 150 Å². The molecule has 3 aromatic heterocycles. The number of fused-ring (bicyclic) bond motifs is 9. The molecule has 216 valence electrons. The highest BCUT2D eigenvalue weighted by molar-refractivity contribution is 7.25. The normalized spacial score (nSPS) is 13.0. The van der Waals surface area contributed by atoms with Crippen molar-refractivity contribution in [3.05, 3.63) is 151 Å². The lowest BCUT2D eigenvalue weighted by molar-refractivity contribution is 0.957. The predicted molar refractivity (Wildman–Crippen MR) is 197 cm³/mol. The first-order valence-corrected chi connectivity index (χ1v) is 16.8. The maximum Gasteiger partial charge on any atom is 0.139 e. The van der Waals surface area contributed by atoms with Crippen LogP contribution in [0.4, 0.5) is 0 Å². The summed E-state index contributed by atoms with van der Waals surface area (Å²) in [7, 11) is 0. The van der Waals surface area contributed by atoms with Gasteiger partial charge in [-0.05, 0) is 104 Å². The number of benzene rings is 6. The van der Waals surface area contributed by atoms with Crippen LogP contribution in [0.15, 0.2) is 140 Å². The zero-order valence-electron chi connectivity index (χ0n) is 25.1. The smallest absolute Gasteiger partial charge is 0.139 e. The Kier molecular flexibility index (Phi) is 5.60. The van der Waals surface area contributed by atoms with Gasteiger partial charge in [-0.25, -0.2) is 4.98 Å². The Labute approximate surface area is 270 Å². The summed E-state index contributed by atoms with van der Waals surface area (Å²) in [5, 5.41) is 6.31. The Morgan fingerprint density at radius 1 is 0.543 bits per heavy atom. The van der Waals surface area contributed by atoms with Crippen molar-refractivity contribution in [2.24, 2.45) is 0 Å². The van der Waals surface area contributed by atoms with Gasteiger partial charge in [-0.3, -0.25) is 4.40 Å². The summed E-state index contributed by atoms with van der Waals surface area (Å²) in [6, 6.07) is 49.0. The van der Waals surface area contributed by atoms with Crippen LogP contribution >= 0.6 is 11.3 Å². The highest BCUT2D eigenvalue weighted by Gasteiger charge is 2.19. The molecule has 0 bridgehead atoms. The van der Waals surface area contributed by atoms with Gasteiger partial charge in [0.05, 0.1) is 5.69 Å². The van der Waals surface area contributed by atoms with Crippen LogP contribution in [0.2, 0.25) is 0 Å². The fraction of sp³-hybridized carbons (Fsp3) is 0.0465. The van der Waals surface area contributed by atoms with Crippen LogP contribution in [0.25, 0.3) is 87.1 Å². The molecule has 0 saturated heterocycles. The molecule has 0 atom stereocenters. The van der Waals surface area contributed by atoms with Crippen LogP contribution in [0, 0.1) is 0 Å². The molecule has 0 N–H and O–H groups in total. The van der Waals surface area contributed by atoms with E-state index in [1.165, 1.54) is 81.1 Å². The van der Waals surface area contributed by atoms with Gasteiger partial charge in [-0.2, -0.15) is 0 Å². The van der Waals surface area contributed by atoms with Crippen LogP contribution in [-0.2, 0) is 6.42 Å². The van der Waals surface area contributed by atoms with Crippen molar-refractivity contribution in [3.63, 3.8) is 0 Å². The number of aryl methyl sites for hydroxylation is 1. The van der Waals surface area contributed by atoms with E-state index in [-0.39, 0.29) is 0 Å². The highest BCUT2D eigenvalue weighted by atomic mass is 32.1. The van der Waals surface area contributed by atoms with Gasteiger partial charge in [0.15, 0.2) is 0 Å². The predicted octanol–water partition coefficient (Wildman–Crippen LogP) is 12.0. The molecule has 10 rings (SSSR count). The minimum absolute atomic E-state index is 1.03. The number of nitrogens with zero attached hydrogens (tertiary/aromatic N) is 2. The third kappa shape index (κ3) is 3.79. The van der Waals surface area contributed by atoms with E-state index >= 15 is 0 Å². The van der Waals surface area contributed by atoms with Crippen LogP contribution in [0.5, 0.6) is 0 Å². The third-order valence-corrected chi connectivity index (χ3v) is 10.8. The number of imidazole rings is 1. The molecule has 0 radical (unpaired) electrons. The number of allylic oxidation sites excluding steroid dienone is 1. The second-order valence-corrected chi connectivity index (χ2v) is 13.3. The van der Waals surface area contributed by atoms with Crippen LogP contribution in [0.1, 0.15) is 17.7 Å². The van der Waals surface area contributed by atoms with Crippen molar-refractivity contribution in [1.29, 1.82) is 0 Å². The minimum Gasteiger partial charge on any atom is -0.284 e. The van der Waals surface area contributed by atoms with Gasteiger partial charge in [0.25, 0.3) is 0 Å². The fourth-order valence-corrected chi connectivity index (χ4v) is 8.69. The molecule has 9 aromatic rings. The lowest BCUT2D eigenvalue weighted by atomic mass is 9.85. The topological polar surface area (TPSA) is 17.3 Å². The van der Waals surface area contributed by atoms with Gasteiger partial charge in [0.2, 0.25) is 0 Å². The van der Waals surface area contributed by atoms with E-state index in [9.17, 15) is 0 Å².